The van der Waals surface area contributed by atoms with Crippen molar-refractivity contribution in [1.82, 2.24) is 19.9 Å². The predicted octanol–water partition coefficient (Wildman–Crippen LogP) is 3.38. The van der Waals surface area contributed by atoms with Crippen LogP contribution in [0.2, 0.25) is 0 Å². The van der Waals surface area contributed by atoms with Gasteiger partial charge in [0.2, 0.25) is 5.91 Å². The lowest BCUT2D eigenvalue weighted by Crippen LogP contribution is -2.49. The minimum absolute atomic E-state index is 0.0238. The summed E-state index contributed by atoms with van der Waals surface area (Å²) >= 11 is 0.995. The number of para-hydroxylation sites is 1. The highest BCUT2D eigenvalue weighted by Crippen LogP contribution is 2.31. The van der Waals surface area contributed by atoms with Gasteiger partial charge in [0.25, 0.3) is 5.91 Å². The first-order valence-electron chi connectivity index (χ1n) is 8.85. The van der Waals surface area contributed by atoms with Gasteiger partial charge in [-0.15, -0.1) is 5.10 Å². The van der Waals surface area contributed by atoms with Crippen molar-refractivity contribution in [3.8, 4) is 0 Å². The minimum Gasteiger partial charge on any atom is -0.349 e. The van der Waals surface area contributed by atoms with Crippen molar-refractivity contribution < 1.29 is 14.0 Å². The molecule has 0 aliphatic rings. The molecule has 1 N–H and O–H groups in total. The second kappa shape index (κ2) is 8.44. The molecule has 0 radical (unpaired) electrons. The molecule has 29 heavy (non-hydrogen) atoms. The molecule has 3 rings (SSSR count). The van der Waals surface area contributed by atoms with Crippen LogP contribution in [0, 0.1) is 5.82 Å². The fourth-order valence-electron chi connectivity index (χ4n) is 2.79. The van der Waals surface area contributed by atoms with Crippen LogP contribution < -0.4 is 10.2 Å². The van der Waals surface area contributed by atoms with Gasteiger partial charge in [-0.3, -0.25) is 19.5 Å². The second-order valence-corrected chi connectivity index (χ2v) is 7.95. The molecule has 0 spiro atoms. The highest BCUT2D eigenvalue weighted by molar-refractivity contribution is 7.03. The number of amides is 2. The van der Waals surface area contributed by atoms with E-state index in [-0.39, 0.29) is 11.4 Å². The van der Waals surface area contributed by atoms with Gasteiger partial charge in [0.15, 0.2) is 5.69 Å². The monoisotopic (exact) mass is 413 g/mol. The number of halogens is 1. The molecule has 0 saturated carbocycles. The SMILES string of the molecule is CC(C)(C)NC(=O)[C@@H](c1cccnc1)N(C(=O)c1csnn1)c1ccccc1F. The number of carbonyl (C=O) groups is 2. The molecule has 2 amide bonds. The standard InChI is InChI=1S/C20H20FN5O2S/c1-20(2,3)23-18(27)17(13-7-6-10-22-11-13)26(16-9-5-4-8-14(16)21)19(28)15-12-29-25-24-15/h4-12,17H,1-3H3,(H,23,27)/t17-/m1/s1. The van der Waals surface area contributed by atoms with Crippen LogP contribution in [-0.4, -0.2) is 31.9 Å². The lowest BCUT2D eigenvalue weighted by molar-refractivity contribution is -0.123. The number of pyridine rings is 1. The number of rotatable bonds is 5. The van der Waals surface area contributed by atoms with Crippen molar-refractivity contribution in [1.29, 1.82) is 0 Å². The number of carbonyl (C=O) groups excluding carboxylic acids is 2. The number of hydrogen-bond donors (Lipinski definition) is 1. The molecule has 150 valence electrons. The summed E-state index contributed by atoms with van der Waals surface area (Å²) in [4.78, 5) is 31.7. The zero-order chi connectivity index (χ0) is 21.0. The van der Waals surface area contributed by atoms with Gasteiger partial charge in [-0.2, -0.15) is 0 Å². The molecule has 0 unspecified atom stereocenters. The van der Waals surface area contributed by atoms with Crippen LogP contribution in [-0.2, 0) is 4.79 Å². The van der Waals surface area contributed by atoms with Crippen LogP contribution in [0.1, 0.15) is 42.9 Å². The maximum Gasteiger partial charge on any atom is 0.280 e. The molecule has 9 heteroatoms. The predicted molar refractivity (Wildman–Crippen MR) is 108 cm³/mol. The molecule has 0 bridgehead atoms. The Morgan fingerprint density at radius 3 is 2.52 bits per heavy atom. The summed E-state index contributed by atoms with van der Waals surface area (Å²) in [6.45, 7) is 5.47. The van der Waals surface area contributed by atoms with Gasteiger partial charge in [-0.05, 0) is 50.5 Å². The van der Waals surface area contributed by atoms with Crippen molar-refractivity contribution in [3.63, 3.8) is 0 Å². The number of anilines is 1. The molecule has 0 fully saturated rings. The maximum atomic E-state index is 14.7. The number of aromatic nitrogens is 3. The normalized spacial score (nSPS) is 12.3. The first kappa shape index (κ1) is 20.5. The van der Waals surface area contributed by atoms with Gasteiger partial charge >= 0.3 is 0 Å². The molecule has 3 aromatic rings. The Kier molecular flexibility index (Phi) is 5.97. The van der Waals surface area contributed by atoms with Crippen LogP contribution >= 0.6 is 11.5 Å². The summed E-state index contributed by atoms with van der Waals surface area (Å²) in [5.41, 5.74) is -0.142. The lowest BCUT2D eigenvalue weighted by Gasteiger charge is -2.33. The Labute approximate surface area is 171 Å². The zero-order valence-corrected chi connectivity index (χ0v) is 17.0. The van der Waals surface area contributed by atoms with Gasteiger partial charge in [0, 0.05) is 28.9 Å². The third-order valence-electron chi connectivity index (χ3n) is 3.91. The van der Waals surface area contributed by atoms with Gasteiger partial charge in [0.05, 0.1) is 5.69 Å². The highest BCUT2D eigenvalue weighted by Gasteiger charge is 2.37. The summed E-state index contributed by atoms with van der Waals surface area (Å²) in [7, 11) is 0. The van der Waals surface area contributed by atoms with E-state index in [1.807, 2.05) is 20.8 Å². The van der Waals surface area contributed by atoms with E-state index in [0.717, 1.165) is 16.4 Å². The van der Waals surface area contributed by atoms with Gasteiger partial charge < -0.3 is 5.32 Å². The number of nitrogens with one attached hydrogen (secondary N) is 1. The maximum absolute atomic E-state index is 14.7. The number of nitrogens with zero attached hydrogens (tertiary/aromatic N) is 4. The molecule has 0 aliphatic heterocycles. The Morgan fingerprint density at radius 1 is 1.17 bits per heavy atom. The lowest BCUT2D eigenvalue weighted by atomic mass is 10.0. The summed E-state index contributed by atoms with van der Waals surface area (Å²) in [6, 6.07) is 7.95. The minimum atomic E-state index is -1.16. The van der Waals surface area contributed by atoms with Crippen LogP contribution in [0.25, 0.3) is 0 Å². The smallest absolute Gasteiger partial charge is 0.280 e. The third-order valence-corrected chi connectivity index (χ3v) is 4.42. The van der Waals surface area contributed by atoms with Crippen molar-refractivity contribution in [2.45, 2.75) is 32.4 Å². The first-order valence-corrected chi connectivity index (χ1v) is 9.68. The third kappa shape index (κ3) is 4.80. The van der Waals surface area contributed by atoms with E-state index >= 15 is 0 Å². The summed E-state index contributed by atoms with van der Waals surface area (Å²) in [5.74, 6) is -1.74. The van der Waals surface area contributed by atoms with Crippen molar-refractivity contribution in [3.05, 3.63) is 71.2 Å². The molecular weight excluding hydrogens is 393 g/mol. The molecule has 2 aromatic heterocycles. The van der Waals surface area contributed by atoms with Crippen LogP contribution in [0.15, 0.2) is 54.2 Å². The van der Waals surface area contributed by atoms with Crippen LogP contribution in [0.5, 0.6) is 0 Å². The molecule has 2 heterocycles. The molecule has 1 aromatic carbocycles. The number of hydrogen-bond acceptors (Lipinski definition) is 6. The summed E-state index contributed by atoms with van der Waals surface area (Å²) in [5, 5.41) is 8.14. The Bertz CT molecular complexity index is 990. The van der Waals surface area contributed by atoms with Crippen molar-refractivity contribution >= 4 is 29.0 Å². The molecule has 1 atom stereocenters. The molecule has 7 nitrogen and oxygen atoms in total. The average molecular weight is 413 g/mol. The fourth-order valence-corrected chi connectivity index (χ4v) is 3.22. The topological polar surface area (TPSA) is 88.1 Å². The molecule has 0 aliphatic carbocycles. The Hall–Kier alpha value is -3.20. The molecule has 0 saturated heterocycles. The largest absolute Gasteiger partial charge is 0.349 e. The van der Waals surface area contributed by atoms with Gasteiger partial charge in [-0.25, -0.2) is 4.39 Å². The van der Waals surface area contributed by atoms with E-state index in [2.05, 4.69) is 19.9 Å². The highest BCUT2D eigenvalue weighted by atomic mass is 32.1. The van der Waals surface area contributed by atoms with E-state index in [9.17, 15) is 14.0 Å². The fraction of sp³-hybridized carbons (Fsp3) is 0.250. The summed E-state index contributed by atoms with van der Waals surface area (Å²) < 4.78 is 18.5. The van der Waals surface area contributed by atoms with Crippen LogP contribution in [0.4, 0.5) is 10.1 Å². The van der Waals surface area contributed by atoms with E-state index in [0.29, 0.717) is 5.56 Å². The van der Waals surface area contributed by atoms with Gasteiger partial charge in [0.1, 0.15) is 11.9 Å². The zero-order valence-electron chi connectivity index (χ0n) is 16.2. The number of benzene rings is 1. The Morgan fingerprint density at radius 2 is 1.93 bits per heavy atom. The second-order valence-electron chi connectivity index (χ2n) is 7.34. The van der Waals surface area contributed by atoms with E-state index in [1.165, 1.54) is 29.8 Å². The van der Waals surface area contributed by atoms with Crippen molar-refractivity contribution in [2.75, 3.05) is 4.90 Å². The van der Waals surface area contributed by atoms with Crippen LogP contribution in [0.3, 0.4) is 0 Å². The molecular formula is C20H20FN5O2S. The average Bonchev–Trinajstić information content (AvgIpc) is 3.20. The van der Waals surface area contributed by atoms with E-state index in [4.69, 9.17) is 0 Å². The Balaban J connectivity index is 2.18. The summed E-state index contributed by atoms with van der Waals surface area (Å²) in [6.07, 6.45) is 3.04. The quantitative estimate of drug-likeness (QED) is 0.693. The first-order chi connectivity index (χ1) is 13.8. The van der Waals surface area contributed by atoms with Gasteiger partial charge in [-0.1, -0.05) is 22.7 Å². The van der Waals surface area contributed by atoms with E-state index in [1.54, 1.807) is 24.4 Å². The van der Waals surface area contributed by atoms with Crippen molar-refractivity contribution in [2.24, 2.45) is 0 Å². The van der Waals surface area contributed by atoms with E-state index < -0.39 is 29.2 Å².